The summed E-state index contributed by atoms with van der Waals surface area (Å²) in [5.41, 5.74) is 1.48. The molecule has 0 radical (unpaired) electrons. The lowest BCUT2D eigenvalue weighted by atomic mass is 10.0. The van der Waals surface area contributed by atoms with E-state index in [9.17, 15) is 18.0 Å². The summed E-state index contributed by atoms with van der Waals surface area (Å²) in [5, 5.41) is 9.41. The van der Waals surface area contributed by atoms with Crippen LogP contribution in [0.4, 0.5) is 42.1 Å². The van der Waals surface area contributed by atoms with E-state index in [1.165, 1.54) is 12.4 Å². The first-order chi connectivity index (χ1) is 20.7. The molecule has 2 fully saturated rings. The lowest BCUT2D eigenvalue weighted by Gasteiger charge is -2.27. The monoisotopic (exact) mass is 591 g/mol. The van der Waals surface area contributed by atoms with Crippen LogP contribution in [0.1, 0.15) is 39.9 Å². The molecular weight excluding hydrogens is 559 g/mol. The van der Waals surface area contributed by atoms with Crippen molar-refractivity contribution < 1.29 is 18.0 Å². The maximum Gasteiger partial charge on any atom is 0.416 e. The summed E-state index contributed by atoms with van der Waals surface area (Å²) in [6.07, 6.45) is 2.39. The summed E-state index contributed by atoms with van der Waals surface area (Å²) in [4.78, 5) is 33.6. The van der Waals surface area contributed by atoms with Crippen LogP contribution in [0.15, 0.2) is 61.2 Å². The Morgan fingerprint density at radius 1 is 1.07 bits per heavy atom. The first-order valence-corrected chi connectivity index (χ1v) is 14.2. The van der Waals surface area contributed by atoms with Gasteiger partial charge in [0.1, 0.15) is 18.0 Å². The van der Waals surface area contributed by atoms with Gasteiger partial charge < -0.3 is 20.9 Å². The Morgan fingerprint density at radius 3 is 2.60 bits per heavy atom. The van der Waals surface area contributed by atoms with Crippen LogP contribution in [0.3, 0.4) is 0 Å². The number of carbonyl (C=O) groups excluding carboxylic acids is 1. The highest BCUT2D eigenvalue weighted by atomic mass is 19.4. The van der Waals surface area contributed by atoms with E-state index < -0.39 is 17.6 Å². The second kappa shape index (κ2) is 12.0. The van der Waals surface area contributed by atoms with Crippen molar-refractivity contribution in [2.75, 3.05) is 41.7 Å². The molecule has 0 atom stereocenters. The van der Waals surface area contributed by atoms with Crippen LogP contribution in [0, 0.1) is 6.92 Å². The largest absolute Gasteiger partial charge is 0.416 e. The molecular formula is C30H32F3N9O. The van der Waals surface area contributed by atoms with E-state index >= 15 is 0 Å². The van der Waals surface area contributed by atoms with Gasteiger partial charge in [0.05, 0.1) is 11.3 Å². The maximum absolute atomic E-state index is 13.8. The summed E-state index contributed by atoms with van der Waals surface area (Å²) in [7, 11) is 0. The molecule has 1 saturated heterocycles. The normalized spacial score (nSPS) is 15.7. The van der Waals surface area contributed by atoms with E-state index in [-0.39, 0.29) is 5.56 Å². The highest BCUT2D eigenvalue weighted by Gasteiger charge is 2.32. The molecule has 10 nitrogen and oxygen atoms in total. The minimum atomic E-state index is -4.58. The molecule has 1 aliphatic heterocycles. The van der Waals surface area contributed by atoms with Gasteiger partial charge in [-0.15, -0.1) is 0 Å². The van der Waals surface area contributed by atoms with Crippen LogP contribution in [-0.4, -0.2) is 63.0 Å². The number of amides is 1. The molecule has 0 unspecified atom stereocenters. The summed E-state index contributed by atoms with van der Waals surface area (Å²) in [5.74, 6) is 1.10. The van der Waals surface area contributed by atoms with Gasteiger partial charge in [0.2, 0.25) is 5.95 Å². The zero-order valence-corrected chi connectivity index (χ0v) is 23.6. The summed E-state index contributed by atoms with van der Waals surface area (Å²) in [6, 6.07) is 11.1. The molecule has 13 heteroatoms. The van der Waals surface area contributed by atoms with Crippen molar-refractivity contribution in [3.05, 3.63) is 83.4 Å². The van der Waals surface area contributed by atoms with E-state index in [0.29, 0.717) is 47.1 Å². The maximum atomic E-state index is 13.8. The number of H-pyrrole nitrogens is 1. The van der Waals surface area contributed by atoms with Gasteiger partial charge in [-0.05, 0) is 61.2 Å². The molecule has 4 N–H and O–H groups in total. The number of aryl methyl sites for hydroxylation is 1. The number of hydrogen-bond acceptors (Lipinski definition) is 8. The van der Waals surface area contributed by atoms with Gasteiger partial charge in [0.25, 0.3) is 5.91 Å². The molecule has 0 bridgehead atoms. The van der Waals surface area contributed by atoms with Gasteiger partial charge in [-0.25, -0.2) is 15.0 Å². The third-order valence-electron chi connectivity index (χ3n) is 7.41. The van der Waals surface area contributed by atoms with Crippen LogP contribution in [0.25, 0.3) is 0 Å². The number of anilines is 5. The van der Waals surface area contributed by atoms with Crippen molar-refractivity contribution in [2.45, 2.75) is 38.5 Å². The zero-order valence-electron chi connectivity index (χ0n) is 23.6. The first-order valence-electron chi connectivity index (χ1n) is 14.2. The van der Waals surface area contributed by atoms with Crippen molar-refractivity contribution >= 4 is 34.9 Å². The van der Waals surface area contributed by atoms with E-state index in [0.717, 1.165) is 56.7 Å². The number of nitrogens with zero attached hydrogens (tertiary/aromatic N) is 5. The Balaban J connectivity index is 1.30. The molecule has 6 rings (SSSR count). The third kappa shape index (κ3) is 6.95. The Bertz CT molecular complexity index is 1580. The fourth-order valence-corrected chi connectivity index (χ4v) is 5.05. The highest BCUT2D eigenvalue weighted by Crippen LogP contribution is 2.36. The predicted molar refractivity (Wildman–Crippen MR) is 158 cm³/mol. The van der Waals surface area contributed by atoms with Crippen LogP contribution in [-0.2, 0) is 12.7 Å². The van der Waals surface area contributed by atoms with Crippen LogP contribution in [0.2, 0.25) is 0 Å². The molecule has 2 aromatic heterocycles. The summed E-state index contributed by atoms with van der Waals surface area (Å²) < 4.78 is 41.4. The Hall–Kier alpha value is -4.49. The fraction of sp³-hybridized carbons (Fsp3) is 0.333. The van der Waals surface area contributed by atoms with E-state index in [4.69, 9.17) is 0 Å². The Kier molecular flexibility index (Phi) is 8.00. The van der Waals surface area contributed by atoms with Gasteiger partial charge in [0.15, 0.2) is 0 Å². The second-order valence-corrected chi connectivity index (χ2v) is 10.8. The van der Waals surface area contributed by atoms with E-state index in [1.54, 1.807) is 29.4 Å². The number of benzene rings is 2. The van der Waals surface area contributed by atoms with E-state index in [2.05, 4.69) is 40.8 Å². The predicted octanol–water partition coefficient (Wildman–Crippen LogP) is 5.23. The molecule has 2 aromatic carbocycles. The number of nitrogens with one attached hydrogen (secondary N) is 4. The van der Waals surface area contributed by atoms with Crippen LogP contribution < -0.4 is 20.9 Å². The van der Waals surface area contributed by atoms with Gasteiger partial charge in [0, 0.05) is 68.5 Å². The minimum absolute atomic E-state index is 0.0587. The van der Waals surface area contributed by atoms with Crippen LogP contribution >= 0.6 is 0 Å². The number of rotatable bonds is 9. The number of aromatic nitrogens is 4. The lowest BCUT2D eigenvalue weighted by Crippen LogP contribution is -2.42. The topological polar surface area (TPSA) is 114 Å². The fourth-order valence-electron chi connectivity index (χ4n) is 5.05. The molecule has 4 aromatic rings. The summed E-state index contributed by atoms with van der Waals surface area (Å²) >= 11 is 0. The number of imidazole rings is 1. The smallest absolute Gasteiger partial charge is 0.367 e. The molecule has 0 spiro atoms. The van der Waals surface area contributed by atoms with Gasteiger partial charge in [-0.1, -0.05) is 6.07 Å². The lowest BCUT2D eigenvalue weighted by molar-refractivity contribution is -0.137. The molecule has 3 heterocycles. The van der Waals surface area contributed by atoms with Crippen molar-refractivity contribution in [3.63, 3.8) is 0 Å². The number of piperazine rings is 1. The Labute approximate surface area is 246 Å². The molecule has 1 amide bonds. The number of halogens is 3. The van der Waals surface area contributed by atoms with Crippen molar-refractivity contribution in [3.8, 4) is 0 Å². The third-order valence-corrected chi connectivity index (χ3v) is 7.41. The Morgan fingerprint density at radius 2 is 1.88 bits per heavy atom. The summed E-state index contributed by atoms with van der Waals surface area (Å²) in [6.45, 7) is 5.22. The quantitative estimate of drug-likeness (QED) is 0.209. The standard InChI is InChI=1S/C30H32F3N9O/c1-19-2-3-24(15-25(19)42(29-35-6-7-36-29)27-16-26(37-18-38-27)39-23-4-5-23)40-28(43)21-12-20(13-22(14-21)30(31,32)33)17-41-10-8-34-9-11-41/h2-3,6-7,12-16,18,23,34H,4-5,8-11,17H2,1H3,(H,35,36)(H,40,43)(H,37,38,39). The van der Waals surface area contributed by atoms with Gasteiger partial charge in [-0.3, -0.25) is 14.6 Å². The van der Waals surface area contributed by atoms with Gasteiger partial charge in [-0.2, -0.15) is 13.2 Å². The molecule has 224 valence electrons. The average Bonchev–Trinajstić information content (AvgIpc) is 3.64. The van der Waals surface area contributed by atoms with Crippen LogP contribution in [0.5, 0.6) is 0 Å². The average molecular weight is 592 g/mol. The van der Waals surface area contributed by atoms with Gasteiger partial charge >= 0.3 is 6.18 Å². The SMILES string of the molecule is Cc1ccc(NC(=O)c2cc(CN3CCNCC3)cc(C(F)(F)F)c2)cc1N(c1cc(NC2CC2)ncn1)c1ncc[nH]1. The number of alkyl halides is 3. The van der Waals surface area contributed by atoms with Crippen molar-refractivity contribution in [1.29, 1.82) is 0 Å². The van der Waals surface area contributed by atoms with Crippen molar-refractivity contribution in [1.82, 2.24) is 30.2 Å². The molecule has 2 aliphatic rings. The number of hydrogen-bond donors (Lipinski definition) is 4. The number of aromatic amines is 1. The zero-order chi connectivity index (χ0) is 30.0. The molecule has 1 saturated carbocycles. The second-order valence-electron chi connectivity index (χ2n) is 10.8. The molecule has 1 aliphatic carbocycles. The van der Waals surface area contributed by atoms with E-state index in [1.807, 2.05) is 19.1 Å². The first kappa shape index (κ1) is 28.6. The van der Waals surface area contributed by atoms with Crippen molar-refractivity contribution in [2.24, 2.45) is 0 Å². The number of carbonyl (C=O) groups is 1. The molecule has 43 heavy (non-hydrogen) atoms. The minimum Gasteiger partial charge on any atom is -0.367 e. The highest BCUT2D eigenvalue weighted by molar-refractivity contribution is 6.05.